The lowest BCUT2D eigenvalue weighted by Crippen LogP contribution is -2.26. The summed E-state index contributed by atoms with van der Waals surface area (Å²) in [5.41, 5.74) is 24.1. The summed E-state index contributed by atoms with van der Waals surface area (Å²) in [4.78, 5) is 2.44. The second kappa shape index (κ2) is 13.2. The van der Waals surface area contributed by atoms with Gasteiger partial charge in [-0.05, 0) is 111 Å². The molecule has 0 atom stereocenters. The summed E-state index contributed by atoms with van der Waals surface area (Å²) >= 11 is 0. The van der Waals surface area contributed by atoms with Gasteiger partial charge in [0.1, 0.15) is 0 Å². The normalized spacial score (nSPS) is 13.5. The number of aromatic nitrogens is 2. The van der Waals surface area contributed by atoms with E-state index >= 15 is 0 Å². The Bertz CT molecular complexity index is 3920. The molecule has 306 valence electrons. The van der Waals surface area contributed by atoms with Gasteiger partial charge < -0.3 is 14.0 Å². The Kier molecular flexibility index (Phi) is 7.15. The molecule has 0 saturated carbocycles. The van der Waals surface area contributed by atoms with E-state index in [4.69, 9.17) is 0 Å². The monoisotopic (exact) mass is 837 g/mol. The molecule has 2 aliphatic carbocycles. The molecule has 1 aliphatic heterocycles. The molecule has 2 aromatic heterocycles. The predicted molar refractivity (Wildman–Crippen MR) is 273 cm³/mol. The van der Waals surface area contributed by atoms with E-state index in [1.807, 2.05) is 0 Å². The van der Waals surface area contributed by atoms with E-state index in [1.54, 1.807) is 0 Å². The Hall–Kier alpha value is -8.66. The van der Waals surface area contributed by atoms with Crippen LogP contribution in [0.2, 0.25) is 0 Å². The Balaban J connectivity index is 1.04. The summed E-state index contributed by atoms with van der Waals surface area (Å²) in [5, 5.41) is 3.76. The quantitative estimate of drug-likeness (QED) is 0.173. The van der Waals surface area contributed by atoms with Crippen molar-refractivity contribution in [2.45, 2.75) is 5.41 Å². The zero-order valence-electron chi connectivity index (χ0n) is 35.9. The molecule has 3 heterocycles. The molecule has 3 nitrogen and oxygen atoms in total. The third kappa shape index (κ3) is 4.51. The second-order valence-electron chi connectivity index (χ2n) is 18.0. The van der Waals surface area contributed by atoms with Gasteiger partial charge in [-0.2, -0.15) is 0 Å². The number of rotatable bonds is 3. The molecule has 10 aromatic carbocycles. The minimum atomic E-state index is -0.558. The first-order valence-electron chi connectivity index (χ1n) is 22.9. The van der Waals surface area contributed by atoms with Crippen LogP contribution in [0.5, 0.6) is 0 Å². The van der Waals surface area contributed by atoms with Gasteiger partial charge in [-0.1, -0.05) is 170 Å². The van der Waals surface area contributed by atoms with Crippen LogP contribution < -0.4 is 4.90 Å². The molecule has 0 N–H and O–H groups in total. The lowest BCUT2D eigenvalue weighted by Gasteiger charge is -2.31. The molecule has 66 heavy (non-hydrogen) atoms. The number of hydrogen-bond acceptors (Lipinski definition) is 1. The van der Waals surface area contributed by atoms with Gasteiger partial charge in [-0.15, -0.1) is 0 Å². The molecule has 12 aromatic rings. The summed E-state index contributed by atoms with van der Waals surface area (Å²) in [6.45, 7) is 0. The highest BCUT2D eigenvalue weighted by molar-refractivity contribution is 6.13. The van der Waals surface area contributed by atoms with Crippen molar-refractivity contribution in [1.29, 1.82) is 0 Å². The van der Waals surface area contributed by atoms with Crippen molar-refractivity contribution in [3.63, 3.8) is 0 Å². The highest BCUT2D eigenvalue weighted by Gasteiger charge is 2.52. The van der Waals surface area contributed by atoms with Crippen molar-refractivity contribution in [2.24, 2.45) is 0 Å². The maximum absolute atomic E-state index is 2.56. The molecular formula is C63H39N3. The van der Waals surface area contributed by atoms with Crippen LogP contribution in [-0.4, -0.2) is 9.13 Å². The minimum Gasteiger partial charge on any atom is -0.309 e. The molecule has 3 aliphatic rings. The maximum atomic E-state index is 2.56. The lowest BCUT2D eigenvalue weighted by atomic mass is 9.70. The van der Waals surface area contributed by atoms with E-state index in [0.29, 0.717) is 0 Å². The molecular weight excluding hydrogens is 799 g/mol. The van der Waals surface area contributed by atoms with E-state index in [0.717, 1.165) is 17.1 Å². The molecule has 0 saturated heterocycles. The summed E-state index contributed by atoms with van der Waals surface area (Å²) in [5.74, 6) is 0. The summed E-state index contributed by atoms with van der Waals surface area (Å²) in [7, 11) is 0. The SMILES string of the molecule is c1ccc(N2c3ccccc3-c3c(n(-c4ccc5c(c4)C4(c6ccccc6-c6ccccc64)c4cc(-n6c7ccccc7c7ccccc76)ccc4-5)c4ccccc34)-c3ccccc32)cc1. The lowest BCUT2D eigenvalue weighted by molar-refractivity contribution is 0.791. The van der Waals surface area contributed by atoms with Gasteiger partial charge in [0.25, 0.3) is 0 Å². The van der Waals surface area contributed by atoms with Crippen LogP contribution in [-0.2, 0) is 5.41 Å². The largest absolute Gasteiger partial charge is 0.309 e. The fourth-order valence-electron chi connectivity index (χ4n) is 12.4. The van der Waals surface area contributed by atoms with Crippen LogP contribution in [0.4, 0.5) is 17.1 Å². The third-order valence-electron chi connectivity index (χ3n) is 14.9. The van der Waals surface area contributed by atoms with Crippen molar-refractivity contribution >= 4 is 49.8 Å². The highest BCUT2D eigenvalue weighted by Crippen LogP contribution is 2.64. The molecule has 0 fully saturated rings. The number of hydrogen-bond donors (Lipinski definition) is 0. The van der Waals surface area contributed by atoms with Crippen molar-refractivity contribution in [3.8, 4) is 56.0 Å². The van der Waals surface area contributed by atoms with Gasteiger partial charge >= 0.3 is 0 Å². The van der Waals surface area contributed by atoms with Gasteiger partial charge in [0.15, 0.2) is 0 Å². The Morgan fingerprint density at radius 2 is 0.697 bits per heavy atom. The van der Waals surface area contributed by atoms with Crippen molar-refractivity contribution in [2.75, 3.05) is 4.90 Å². The van der Waals surface area contributed by atoms with E-state index in [-0.39, 0.29) is 0 Å². The van der Waals surface area contributed by atoms with Crippen molar-refractivity contribution < 1.29 is 0 Å². The Labute approximate surface area is 382 Å². The average molecular weight is 838 g/mol. The average Bonchev–Trinajstić information content (AvgIpc) is 4.07. The first-order chi connectivity index (χ1) is 32.8. The minimum absolute atomic E-state index is 0.558. The van der Waals surface area contributed by atoms with Gasteiger partial charge in [0.2, 0.25) is 0 Å². The summed E-state index contributed by atoms with van der Waals surface area (Å²) in [6.07, 6.45) is 0. The van der Waals surface area contributed by atoms with E-state index < -0.39 is 5.41 Å². The molecule has 0 unspecified atom stereocenters. The molecule has 3 heteroatoms. The van der Waals surface area contributed by atoms with Gasteiger partial charge in [-0.3, -0.25) is 0 Å². The zero-order valence-corrected chi connectivity index (χ0v) is 35.9. The first kappa shape index (κ1) is 35.8. The Morgan fingerprint density at radius 1 is 0.273 bits per heavy atom. The van der Waals surface area contributed by atoms with Crippen LogP contribution in [0.25, 0.3) is 88.7 Å². The molecule has 1 spiro atoms. The van der Waals surface area contributed by atoms with Crippen molar-refractivity contribution in [3.05, 3.63) is 259 Å². The number of nitrogens with zero attached hydrogens (tertiary/aromatic N) is 3. The topological polar surface area (TPSA) is 13.1 Å². The molecule has 0 bridgehead atoms. The van der Waals surface area contributed by atoms with Gasteiger partial charge in [0, 0.05) is 49.9 Å². The Morgan fingerprint density at radius 3 is 1.30 bits per heavy atom. The van der Waals surface area contributed by atoms with Gasteiger partial charge in [0.05, 0.1) is 39.0 Å². The van der Waals surface area contributed by atoms with Crippen LogP contribution in [0.3, 0.4) is 0 Å². The zero-order chi connectivity index (χ0) is 43.1. The van der Waals surface area contributed by atoms with Crippen LogP contribution in [0.15, 0.2) is 237 Å². The fraction of sp³-hybridized carbons (Fsp3) is 0.0159. The molecule has 15 rings (SSSR count). The number of para-hydroxylation sites is 6. The highest BCUT2D eigenvalue weighted by atomic mass is 15.2. The number of anilines is 3. The summed E-state index contributed by atoms with van der Waals surface area (Å²) < 4.78 is 5.02. The molecule has 0 radical (unpaired) electrons. The van der Waals surface area contributed by atoms with Crippen LogP contribution >= 0.6 is 0 Å². The number of benzene rings is 10. The molecule has 0 amide bonds. The third-order valence-corrected chi connectivity index (χ3v) is 14.9. The van der Waals surface area contributed by atoms with Crippen molar-refractivity contribution in [1.82, 2.24) is 9.13 Å². The predicted octanol–water partition coefficient (Wildman–Crippen LogP) is 16.2. The van der Waals surface area contributed by atoms with Crippen LogP contribution in [0, 0.1) is 0 Å². The standard InChI is InChI=1S/C63H39N3/c1-2-18-40(19-3-1)64-58-31-15-8-24-49(58)61-50-25-9-16-32-59(50)66(62(61)51-26-10-17-33-60(51)64)42-35-37-46-45-36-34-41(65-56-29-13-6-22-47(56)48-23-7-14-30-57(48)65)38-54(45)63(55(46)39-42)52-27-11-4-20-43(52)44-21-5-12-28-53(44)63/h1-39H. The fourth-order valence-corrected chi connectivity index (χ4v) is 12.4. The van der Waals surface area contributed by atoms with E-state index in [2.05, 4.69) is 251 Å². The van der Waals surface area contributed by atoms with E-state index in [1.165, 1.54) is 111 Å². The second-order valence-corrected chi connectivity index (χ2v) is 18.0. The maximum Gasteiger partial charge on any atom is 0.0727 e. The smallest absolute Gasteiger partial charge is 0.0727 e. The number of fused-ring (bicyclic) bond motifs is 20. The first-order valence-corrected chi connectivity index (χ1v) is 22.9. The van der Waals surface area contributed by atoms with E-state index in [9.17, 15) is 0 Å². The summed E-state index contributed by atoms with van der Waals surface area (Å²) in [6, 6.07) is 88.2. The van der Waals surface area contributed by atoms with Gasteiger partial charge in [-0.25, -0.2) is 0 Å². The van der Waals surface area contributed by atoms with Crippen LogP contribution in [0.1, 0.15) is 22.3 Å².